The van der Waals surface area contributed by atoms with Crippen molar-refractivity contribution in [2.24, 2.45) is 0 Å². The molecule has 1 aliphatic rings. The van der Waals surface area contributed by atoms with Gasteiger partial charge in [0.1, 0.15) is 12.3 Å². The molecule has 0 bridgehead atoms. The number of unbranched alkanes of at least 4 members (excludes halogenated alkanes) is 3. The number of phosphoric ester groups is 1. The van der Waals surface area contributed by atoms with Crippen LogP contribution in [0.2, 0.25) is 0 Å². The molecule has 1 saturated heterocycles. The van der Waals surface area contributed by atoms with Crippen LogP contribution in [0.25, 0.3) is 0 Å². The molecule has 0 aliphatic carbocycles. The van der Waals surface area contributed by atoms with Gasteiger partial charge in [0.05, 0.1) is 12.6 Å². The topological polar surface area (TPSA) is 311 Å². The maximum Gasteiger partial charge on any atom is 0.490 e. The Morgan fingerprint density at radius 1 is 0.956 bits per heavy atom. The molecule has 0 radical (unpaired) electrons. The Bertz CT molecular complexity index is 1440. The van der Waals surface area contributed by atoms with Crippen LogP contribution in [0.15, 0.2) is 21.9 Å². The minimum Gasteiger partial charge on any atom is -0.356 e. The first kappa shape index (κ1) is 38.6. The second-order valence-corrected chi connectivity index (χ2v) is 14.1. The minimum absolute atomic E-state index is 0.102. The van der Waals surface area contributed by atoms with E-state index in [2.05, 4.69) is 29.1 Å². The lowest BCUT2D eigenvalue weighted by Crippen LogP contribution is -2.42. The van der Waals surface area contributed by atoms with Crippen molar-refractivity contribution in [3.05, 3.63) is 33.1 Å². The van der Waals surface area contributed by atoms with Gasteiger partial charge in [0.15, 0.2) is 0 Å². The van der Waals surface area contributed by atoms with Crippen molar-refractivity contribution >= 4 is 41.2 Å². The predicted molar refractivity (Wildman–Crippen MR) is 151 cm³/mol. The number of aromatic nitrogens is 2. The summed E-state index contributed by atoms with van der Waals surface area (Å²) >= 11 is 0. The molecule has 0 saturated carbocycles. The molecule has 24 heteroatoms. The number of rotatable bonds is 19. The van der Waals surface area contributed by atoms with Gasteiger partial charge in [-0.2, -0.15) is 8.62 Å². The van der Waals surface area contributed by atoms with E-state index in [1.807, 2.05) is 4.98 Å². The molecule has 0 aromatic carbocycles. The van der Waals surface area contributed by atoms with Crippen molar-refractivity contribution in [3.8, 4) is 0 Å². The Morgan fingerprint density at radius 3 is 2.18 bits per heavy atom. The quantitative estimate of drug-likeness (QED) is 0.0647. The Labute approximate surface area is 255 Å². The van der Waals surface area contributed by atoms with E-state index >= 15 is 0 Å². The number of phosphoric acid groups is 3. The van der Waals surface area contributed by atoms with Crippen LogP contribution in [0.3, 0.4) is 0 Å². The van der Waals surface area contributed by atoms with Crippen LogP contribution >= 0.6 is 23.5 Å². The summed E-state index contributed by atoms with van der Waals surface area (Å²) in [7, 11) is -16.9. The largest absolute Gasteiger partial charge is 0.490 e. The first-order chi connectivity index (χ1) is 20.9. The summed E-state index contributed by atoms with van der Waals surface area (Å²) in [6.07, 6.45) is 1.22. The molecule has 1 aromatic heterocycles. The van der Waals surface area contributed by atoms with Crippen LogP contribution < -0.4 is 27.2 Å². The van der Waals surface area contributed by atoms with Crippen molar-refractivity contribution in [1.29, 1.82) is 0 Å². The van der Waals surface area contributed by atoms with E-state index in [0.29, 0.717) is 19.5 Å². The van der Waals surface area contributed by atoms with Crippen molar-refractivity contribution in [1.82, 2.24) is 25.5 Å². The summed E-state index contributed by atoms with van der Waals surface area (Å²) in [5.41, 5.74) is -1.58. The first-order valence-corrected chi connectivity index (χ1v) is 17.9. The third-order valence-electron chi connectivity index (χ3n) is 5.94. The van der Waals surface area contributed by atoms with E-state index in [4.69, 9.17) is 14.5 Å². The summed E-state index contributed by atoms with van der Waals surface area (Å²) in [5.74, 6) is -1.14. The fourth-order valence-corrected chi connectivity index (χ4v) is 7.05. The minimum atomic E-state index is -5.79. The number of hydrogen-bond acceptors (Lipinski definition) is 12. The molecule has 256 valence electrons. The van der Waals surface area contributed by atoms with E-state index in [-0.39, 0.29) is 25.2 Å². The summed E-state index contributed by atoms with van der Waals surface area (Å²) in [4.78, 5) is 97.7. The van der Waals surface area contributed by atoms with Crippen molar-refractivity contribution in [3.63, 3.8) is 0 Å². The number of nitrogens with one attached hydrogen (secondary N) is 4. The highest BCUT2D eigenvalue weighted by Gasteiger charge is 2.43. The molecule has 2 heterocycles. The Hall–Kier alpha value is -2.54. The highest BCUT2D eigenvalue weighted by molar-refractivity contribution is 7.66. The monoisotopic (exact) mass is 707 g/mol. The maximum absolute atomic E-state index is 12.6. The van der Waals surface area contributed by atoms with E-state index in [1.54, 1.807) is 0 Å². The Morgan fingerprint density at radius 2 is 1.58 bits per heavy atom. The molecule has 1 aliphatic heterocycles. The average Bonchev–Trinajstić information content (AvgIpc) is 3.27. The van der Waals surface area contributed by atoms with Crippen LogP contribution in [0.4, 0.5) is 0 Å². The summed E-state index contributed by atoms with van der Waals surface area (Å²) in [6, 6.07) is -0.0171. The zero-order valence-electron chi connectivity index (χ0n) is 23.9. The lowest BCUT2D eigenvalue weighted by molar-refractivity contribution is -0.127. The van der Waals surface area contributed by atoms with Crippen molar-refractivity contribution in [2.45, 2.75) is 70.2 Å². The van der Waals surface area contributed by atoms with Crippen molar-refractivity contribution < 1.29 is 65.5 Å². The maximum atomic E-state index is 12.6. The Kier molecular flexibility index (Phi) is 14.9. The molecular weight excluding hydrogens is 671 g/mol. The number of H-pyrrole nitrogens is 1. The van der Waals surface area contributed by atoms with Gasteiger partial charge < -0.3 is 40.3 Å². The molecule has 1 aromatic rings. The lowest BCUT2D eigenvalue weighted by atomic mass is 10.1. The number of nitrogens with zero attached hydrogens (tertiary/aromatic N) is 1. The van der Waals surface area contributed by atoms with Gasteiger partial charge in [-0.25, -0.2) is 18.5 Å². The lowest BCUT2D eigenvalue weighted by Gasteiger charge is -2.21. The fraction of sp³-hybridized carbons (Fsp3) is 0.667. The molecular formula is C21H36N5O16P3. The van der Waals surface area contributed by atoms with Crippen LogP contribution in [0.5, 0.6) is 0 Å². The van der Waals surface area contributed by atoms with E-state index in [0.717, 1.165) is 36.1 Å². The van der Waals surface area contributed by atoms with Gasteiger partial charge >= 0.3 is 29.2 Å². The number of ether oxygens (including phenoxy) is 1. The fourth-order valence-electron chi connectivity index (χ4n) is 4.02. The van der Waals surface area contributed by atoms with Gasteiger partial charge in [0.25, 0.3) is 5.56 Å². The predicted octanol–water partition coefficient (Wildman–Crippen LogP) is -0.755. The van der Waals surface area contributed by atoms with Crippen LogP contribution in [-0.4, -0.2) is 78.7 Å². The molecule has 0 spiro atoms. The first-order valence-electron chi connectivity index (χ1n) is 13.4. The number of amides is 3. The zero-order chi connectivity index (χ0) is 33.8. The summed E-state index contributed by atoms with van der Waals surface area (Å²) in [5, 5.41) is 7.92. The molecule has 1 fully saturated rings. The van der Waals surface area contributed by atoms with Gasteiger partial charge in [0, 0.05) is 51.5 Å². The van der Waals surface area contributed by atoms with Crippen LogP contribution in [-0.2, 0) is 46.0 Å². The molecule has 2 unspecified atom stereocenters. The highest BCUT2D eigenvalue weighted by Crippen LogP contribution is 2.66. The standard InChI is InChI=1S/C21H36N5O16P3/c1-14(27)22-9-4-2-3-5-10-23-17(28)6-7-18(29)24-15-12-20(26-11-8-19(30)25-21(26)31)40-16(15)13-39-44(35,36)42-45(37,38)41-43(32,33)34/h8,11,15-16,20H,2-7,9-10,12-13H2,1H3,(H,22,27)(H,23,28)(H,24,29)(H,35,36)(H,37,38)(H,25,30,31)(H2,32,33,34)/t15-,16+,20+/m0/s1. The van der Waals surface area contributed by atoms with E-state index < -0.39 is 71.5 Å². The average molecular weight is 707 g/mol. The number of aromatic amines is 1. The molecule has 2 rings (SSSR count). The van der Waals surface area contributed by atoms with E-state index in [9.17, 15) is 47.5 Å². The molecule has 5 atom stereocenters. The van der Waals surface area contributed by atoms with E-state index in [1.165, 1.54) is 6.92 Å². The zero-order valence-corrected chi connectivity index (χ0v) is 26.6. The third-order valence-corrected chi connectivity index (χ3v) is 9.74. The summed E-state index contributed by atoms with van der Waals surface area (Å²) in [6.45, 7) is 1.47. The number of hydrogen-bond donors (Lipinski definition) is 8. The number of carbonyl (C=O) groups is 3. The second-order valence-electron chi connectivity index (χ2n) is 9.69. The summed E-state index contributed by atoms with van der Waals surface area (Å²) < 4.78 is 53.1. The van der Waals surface area contributed by atoms with Gasteiger partial charge in [-0.15, -0.1) is 0 Å². The molecule has 45 heavy (non-hydrogen) atoms. The highest BCUT2D eigenvalue weighted by atomic mass is 31.3. The van der Waals surface area contributed by atoms with Crippen molar-refractivity contribution in [2.75, 3.05) is 19.7 Å². The van der Waals surface area contributed by atoms with Gasteiger partial charge in [-0.1, -0.05) is 12.8 Å². The molecule has 21 nitrogen and oxygen atoms in total. The number of carbonyl (C=O) groups excluding carboxylic acids is 3. The van der Waals surface area contributed by atoms with Gasteiger partial charge in [0.2, 0.25) is 17.7 Å². The normalized spacial score (nSPS) is 21.0. The third kappa shape index (κ3) is 15.5. The van der Waals surface area contributed by atoms with Crippen LogP contribution in [0, 0.1) is 0 Å². The molecule has 8 N–H and O–H groups in total. The van der Waals surface area contributed by atoms with Crippen LogP contribution in [0.1, 0.15) is 58.1 Å². The smallest absolute Gasteiger partial charge is 0.356 e. The molecule has 3 amide bonds. The Balaban J connectivity index is 1.94. The van der Waals surface area contributed by atoms with Gasteiger partial charge in [-0.3, -0.25) is 33.3 Å². The SMILES string of the molecule is CC(=O)NCCCCCCNC(=O)CCC(=O)N[C@H]1C[C@H](n2ccc(=O)[nH]c2=O)O[C@@H]1COP(=O)(O)OP(=O)(O)OP(=O)(O)O. The second kappa shape index (κ2) is 17.4. The van der Waals surface area contributed by atoms with Gasteiger partial charge in [-0.05, 0) is 12.8 Å².